The first-order valence-electron chi connectivity index (χ1n) is 10.2. The standard InChI is InChI=1S/C23H27N3O4S/c1-30-21-7-6-18(31(2,3)29)15-20(21)23(28)26-12-10-25(11-13-26)17-5-4-16-8-9-24-22(27)19(16)14-17/h4-7,14-15H,2,8-13H2,1,3H3,(H,24,27). The average Bonchev–Trinajstić information content (AvgIpc) is 2.78. The van der Waals surface area contributed by atoms with Crippen molar-refractivity contribution in [2.45, 2.75) is 11.3 Å². The summed E-state index contributed by atoms with van der Waals surface area (Å²) in [4.78, 5) is 29.9. The van der Waals surface area contributed by atoms with Gasteiger partial charge < -0.3 is 19.9 Å². The van der Waals surface area contributed by atoms with E-state index in [2.05, 4.69) is 16.1 Å². The van der Waals surface area contributed by atoms with Crippen LogP contribution in [0.4, 0.5) is 5.69 Å². The van der Waals surface area contributed by atoms with Gasteiger partial charge in [-0.25, -0.2) is 0 Å². The summed E-state index contributed by atoms with van der Waals surface area (Å²) in [5.74, 6) is 4.00. The van der Waals surface area contributed by atoms with Gasteiger partial charge in [-0.2, -0.15) is 0 Å². The normalized spacial score (nSPS) is 18.1. The maximum absolute atomic E-state index is 13.2. The fourth-order valence-corrected chi connectivity index (χ4v) is 4.78. The van der Waals surface area contributed by atoms with Crippen LogP contribution in [0.15, 0.2) is 41.3 Å². The molecule has 2 amide bonds. The molecule has 1 N–H and O–H groups in total. The summed E-state index contributed by atoms with van der Waals surface area (Å²) < 4.78 is 17.7. The van der Waals surface area contributed by atoms with E-state index < -0.39 is 9.52 Å². The van der Waals surface area contributed by atoms with Gasteiger partial charge in [-0.1, -0.05) is 6.07 Å². The lowest BCUT2D eigenvalue weighted by Gasteiger charge is -2.36. The number of hydrogen-bond donors (Lipinski definition) is 1. The molecular weight excluding hydrogens is 414 g/mol. The van der Waals surface area contributed by atoms with Crippen molar-refractivity contribution >= 4 is 32.9 Å². The SMILES string of the molecule is C=S(C)(=O)c1ccc(OC)c(C(=O)N2CCN(c3ccc4c(c3)C(=O)NCC4)CC2)c1. The Labute approximate surface area is 183 Å². The zero-order valence-electron chi connectivity index (χ0n) is 17.8. The predicted octanol–water partition coefficient (Wildman–Crippen LogP) is 1.65. The van der Waals surface area contributed by atoms with Crippen LogP contribution < -0.4 is 15.0 Å². The molecular formula is C23H27N3O4S. The first kappa shape index (κ1) is 21.2. The van der Waals surface area contributed by atoms with Crippen molar-refractivity contribution in [3.63, 3.8) is 0 Å². The zero-order chi connectivity index (χ0) is 22.2. The summed E-state index contributed by atoms with van der Waals surface area (Å²) in [5, 5.41) is 2.89. The van der Waals surface area contributed by atoms with Crippen LogP contribution in [0, 0.1) is 0 Å². The van der Waals surface area contributed by atoms with Crippen LogP contribution in [0.25, 0.3) is 0 Å². The van der Waals surface area contributed by atoms with Gasteiger partial charge in [-0.3, -0.25) is 13.8 Å². The first-order chi connectivity index (χ1) is 14.8. The van der Waals surface area contributed by atoms with Crippen LogP contribution in [-0.4, -0.2) is 72.9 Å². The molecule has 0 saturated carbocycles. The number of methoxy groups -OCH3 is 1. The number of hydrogen-bond acceptors (Lipinski definition) is 5. The third kappa shape index (κ3) is 4.25. The van der Waals surface area contributed by atoms with E-state index in [0.29, 0.717) is 48.9 Å². The van der Waals surface area contributed by atoms with E-state index in [1.54, 1.807) is 29.4 Å². The molecule has 0 aliphatic carbocycles. The van der Waals surface area contributed by atoms with Crippen LogP contribution >= 0.6 is 0 Å². The highest BCUT2D eigenvalue weighted by Crippen LogP contribution is 2.26. The lowest BCUT2D eigenvalue weighted by atomic mass is 9.99. The minimum absolute atomic E-state index is 0.0261. The molecule has 1 saturated heterocycles. The summed E-state index contributed by atoms with van der Waals surface area (Å²) >= 11 is 0. The minimum atomic E-state index is -2.44. The number of benzene rings is 2. The summed E-state index contributed by atoms with van der Waals surface area (Å²) in [5.41, 5.74) is 3.20. The molecule has 1 fully saturated rings. The monoisotopic (exact) mass is 441 g/mol. The fraction of sp³-hybridized carbons (Fsp3) is 0.348. The van der Waals surface area contributed by atoms with Gasteiger partial charge in [0.2, 0.25) is 0 Å². The van der Waals surface area contributed by atoms with Gasteiger partial charge in [-0.15, -0.1) is 0 Å². The molecule has 2 aliphatic heterocycles. The summed E-state index contributed by atoms with van der Waals surface area (Å²) in [6, 6.07) is 11.0. The molecule has 2 aliphatic rings. The predicted molar refractivity (Wildman–Crippen MR) is 123 cm³/mol. The second-order valence-corrected chi connectivity index (χ2v) is 10.5. The Morgan fingerprint density at radius 2 is 1.87 bits per heavy atom. The number of carbonyl (C=O) groups is 2. The maximum Gasteiger partial charge on any atom is 0.257 e. The molecule has 2 aromatic carbocycles. The molecule has 7 nitrogen and oxygen atoms in total. The van der Waals surface area contributed by atoms with E-state index in [1.807, 2.05) is 18.2 Å². The average molecular weight is 442 g/mol. The Balaban J connectivity index is 1.50. The fourth-order valence-electron chi connectivity index (χ4n) is 4.06. The van der Waals surface area contributed by atoms with Crippen molar-refractivity contribution < 1.29 is 18.5 Å². The van der Waals surface area contributed by atoms with Crippen molar-refractivity contribution in [3.05, 3.63) is 53.1 Å². The van der Waals surface area contributed by atoms with E-state index >= 15 is 0 Å². The Hall–Kier alpha value is -3.00. The molecule has 31 heavy (non-hydrogen) atoms. The largest absolute Gasteiger partial charge is 0.496 e. The van der Waals surface area contributed by atoms with Gasteiger partial charge >= 0.3 is 0 Å². The Bertz CT molecular complexity index is 1140. The highest BCUT2D eigenvalue weighted by Gasteiger charge is 2.26. The van der Waals surface area contributed by atoms with E-state index in [0.717, 1.165) is 23.2 Å². The molecule has 1 atom stereocenters. The number of nitrogens with zero attached hydrogens (tertiary/aromatic N) is 2. The molecule has 0 bridgehead atoms. The zero-order valence-corrected chi connectivity index (χ0v) is 18.7. The third-order valence-corrected chi connectivity index (χ3v) is 7.10. The number of nitrogens with one attached hydrogen (secondary N) is 1. The maximum atomic E-state index is 13.2. The van der Waals surface area contributed by atoms with E-state index in [1.165, 1.54) is 7.11 Å². The smallest absolute Gasteiger partial charge is 0.257 e. The van der Waals surface area contributed by atoms with Crippen LogP contribution in [0.3, 0.4) is 0 Å². The van der Waals surface area contributed by atoms with Crippen molar-refractivity contribution in [1.29, 1.82) is 0 Å². The van der Waals surface area contributed by atoms with Crippen LogP contribution in [0.2, 0.25) is 0 Å². The van der Waals surface area contributed by atoms with Crippen LogP contribution in [0.5, 0.6) is 5.75 Å². The molecule has 1 unspecified atom stereocenters. The van der Waals surface area contributed by atoms with E-state index in [-0.39, 0.29) is 11.8 Å². The van der Waals surface area contributed by atoms with Crippen molar-refractivity contribution in [2.75, 3.05) is 51.0 Å². The molecule has 0 spiro atoms. The van der Waals surface area contributed by atoms with Gasteiger partial charge in [0.25, 0.3) is 11.8 Å². The molecule has 0 radical (unpaired) electrons. The Morgan fingerprint density at radius 3 is 2.55 bits per heavy atom. The van der Waals surface area contributed by atoms with Gasteiger partial charge in [-0.05, 0) is 57.7 Å². The summed E-state index contributed by atoms with van der Waals surface area (Å²) in [7, 11) is -0.921. The lowest BCUT2D eigenvalue weighted by Crippen LogP contribution is -2.49. The molecule has 4 rings (SSSR count). The van der Waals surface area contributed by atoms with Gasteiger partial charge in [0.1, 0.15) is 5.75 Å². The molecule has 2 heterocycles. The van der Waals surface area contributed by atoms with E-state index in [9.17, 15) is 13.8 Å². The minimum Gasteiger partial charge on any atom is -0.496 e. The Kier molecular flexibility index (Phi) is 5.66. The van der Waals surface area contributed by atoms with Crippen molar-refractivity contribution in [3.8, 4) is 5.75 Å². The highest BCUT2D eigenvalue weighted by molar-refractivity contribution is 7.99. The third-order valence-electron chi connectivity index (χ3n) is 5.85. The molecule has 8 heteroatoms. The first-order valence-corrected chi connectivity index (χ1v) is 12.4. The summed E-state index contributed by atoms with van der Waals surface area (Å²) in [6.45, 7) is 3.09. The molecule has 164 valence electrons. The van der Waals surface area contributed by atoms with Gasteiger partial charge in [0.05, 0.1) is 12.7 Å². The second kappa shape index (κ2) is 8.26. The number of amides is 2. The highest BCUT2D eigenvalue weighted by atomic mass is 32.2. The van der Waals surface area contributed by atoms with E-state index in [4.69, 9.17) is 4.74 Å². The quantitative estimate of drug-likeness (QED) is 0.730. The second-order valence-electron chi connectivity index (χ2n) is 7.99. The topological polar surface area (TPSA) is 79.0 Å². The van der Waals surface area contributed by atoms with Crippen molar-refractivity contribution in [1.82, 2.24) is 10.2 Å². The van der Waals surface area contributed by atoms with Crippen LogP contribution in [0.1, 0.15) is 26.3 Å². The number of piperazine rings is 1. The molecule has 0 aromatic heterocycles. The van der Waals surface area contributed by atoms with Crippen LogP contribution in [-0.2, 0) is 15.9 Å². The van der Waals surface area contributed by atoms with Gasteiger partial charge in [0.15, 0.2) is 0 Å². The van der Waals surface area contributed by atoms with Crippen molar-refractivity contribution in [2.24, 2.45) is 0 Å². The number of carbonyl (C=O) groups excluding carboxylic acids is 2. The summed E-state index contributed by atoms with van der Waals surface area (Å²) in [6.07, 6.45) is 2.41. The Morgan fingerprint density at radius 1 is 1.13 bits per heavy atom. The number of rotatable bonds is 4. The van der Waals surface area contributed by atoms with Gasteiger partial charge in [0, 0.05) is 55.1 Å². The lowest BCUT2D eigenvalue weighted by molar-refractivity contribution is 0.0743. The number of anilines is 1. The number of ether oxygens (including phenoxy) is 1. The number of fused-ring (bicyclic) bond motifs is 1. The molecule has 2 aromatic rings.